The van der Waals surface area contributed by atoms with Crippen LogP contribution in [-0.2, 0) is 6.42 Å². The molecule has 0 saturated heterocycles. The van der Waals surface area contributed by atoms with E-state index >= 15 is 0 Å². The zero-order chi connectivity index (χ0) is 10.7. The maximum atomic E-state index is 11.4. The van der Waals surface area contributed by atoms with E-state index < -0.39 is 0 Å². The van der Waals surface area contributed by atoms with Crippen molar-refractivity contribution in [1.29, 1.82) is 0 Å². The summed E-state index contributed by atoms with van der Waals surface area (Å²) in [6.45, 7) is 2.06. The van der Waals surface area contributed by atoms with Gasteiger partial charge in [0.1, 0.15) is 0 Å². The lowest BCUT2D eigenvalue weighted by Gasteiger charge is -1.99. The number of hydrogen-bond donors (Lipinski definition) is 1. The summed E-state index contributed by atoms with van der Waals surface area (Å²) in [4.78, 5) is 22.5. The third-order valence-corrected chi connectivity index (χ3v) is 2.72. The molecule has 15 heavy (non-hydrogen) atoms. The normalized spacial score (nSPS) is 10.5. The van der Waals surface area contributed by atoms with Crippen LogP contribution < -0.4 is 5.56 Å². The average molecular weight is 221 g/mol. The van der Waals surface area contributed by atoms with E-state index in [9.17, 15) is 4.79 Å². The molecule has 78 valence electrons. The van der Waals surface area contributed by atoms with Crippen LogP contribution in [0.1, 0.15) is 19.0 Å². The van der Waals surface area contributed by atoms with Crippen molar-refractivity contribution < 1.29 is 0 Å². The van der Waals surface area contributed by atoms with Crippen molar-refractivity contribution >= 4 is 11.3 Å². The van der Waals surface area contributed by atoms with Crippen molar-refractivity contribution in [3.8, 4) is 10.8 Å². The Morgan fingerprint density at radius 2 is 2.40 bits per heavy atom. The highest BCUT2D eigenvalue weighted by molar-refractivity contribution is 7.12. The van der Waals surface area contributed by atoms with E-state index in [1.54, 1.807) is 12.3 Å². The lowest BCUT2D eigenvalue weighted by molar-refractivity contribution is 0.869. The van der Waals surface area contributed by atoms with E-state index in [0.29, 0.717) is 5.82 Å². The minimum absolute atomic E-state index is 0.112. The summed E-state index contributed by atoms with van der Waals surface area (Å²) in [6, 6.07) is 1.54. The summed E-state index contributed by atoms with van der Waals surface area (Å²) >= 11 is 1.47. The molecule has 0 amide bonds. The molecule has 2 heterocycles. The number of H-pyrrole nitrogens is 1. The third-order valence-electron chi connectivity index (χ3n) is 1.94. The van der Waals surface area contributed by atoms with Gasteiger partial charge in [0.05, 0.1) is 0 Å². The fourth-order valence-corrected chi connectivity index (χ4v) is 1.91. The van der Waals surface area contributed by atoms with Gasteiger partial charge in [-0.25, -0.2) is 9.97 Å². The smallest absolute Gasteiger partial charge is 0.251 e. The molecular weight excluding hydrogens is 210 g/mol. The van der Waals surface area contributed by atoms with Gasteiger partial charge < -0.3 is 4.98 Å². The number of nitrogens with one attached hydrogen (secondary N) is 1. The average Bonchev–Trinajstić information content (AvgIpc) is 2.70. The predicted octanol–water partition coefficient (Wildman–Crippen LogP) is 1.85. The molecule has 2 aromatic rings. The zero-order valence-corrected chi connectivity index (χ0v) is 9.17. The number of aromatic amines is 1. The maximum absolute atomic E-state index is 11.4. The third kappa shape index (κ3) is 2.30. The fraction of sp³-hybridized carbons (Fsp3) is 0.300. The largest absolute Gasteiger partial charge is 0.304 e. The Hall–Kier alpha value is -1.49. The number of nitrogens with zero attached hydrogens (tertiary/aromatic N) is 2. The molecule has 2 rings (SSSR count). The van der Waals surface area contributed by atoms with Crippen molar-refractivity contribution in [2.75, 3.05) is 0 Å². The van der Waals surface area contributed by atoms with Crippen molar-refractivity contribution in [3.63, 3.8) is 0 Å². The first kappa shape index (κ1) is 10.0. The fourth-order valence-electron chi connectivity index (χ4n) is 1.33. The lowest BCUT2D eigenvalue weighted by Crippen LogP contribution is -2.10. The van der Waals surface area contributed by atoms with Crippen LogP contribution in [0.4, 0.5) is 0 Å². The molecule has 0 fully saturated rings. The molecule has 0 aliphatic carbocycles. The van der Waals surface area contributed by atoms with Crippen LogP contribution in [0.2, 0.25) is 0 Å². The second-order valence-corrected chi connectivity index (χ2v) is 4.07. The zero-order valence-electron chi connectivity index (χ0n) is 8.36. The second kappa shape index (κ2) is 4.35. The van der Waals surface area contributed by atoms with Gasteiger partial charge in [-0.05, 0) is 6.42 Å². The summed E-state index contributed by atoms with van der Waals surface area (Å²) in [6.07, 6.45) is 3.50. The molecule has 4 nitrogen and oxygen atoms in total. The summed E-state index contributed by atoms with van der Waals surface area (Å²) in [7, 11) is 0. The number of aryl methyl sites for hydroxylation is 1. The first-order valence-corrected chi connectivity index (χ1v) is 5.67. The Morgan fingerprint density at radius 3 is 3.07 bits per heavy atom. The molecule has 0 radical (unpaired) electrons. The van der Waals surface area contributed by atoms with Gasteiger partial charge >= 0.3 is 0 Å². The Bertz CT molecular complexity index is 490. The van der Waals surface area contributed by atoms with Gasteiger partial charge in [0.25, 0.3) is 5.56 Å². The standard InChI is InChI=1S/C10H11N3OS/c1-2-3-7-6-8(14)13-9(12-7)10-11-4-5-15-10/h4-6H,2-3H2,1H3,(H,12,13,14). The lowest BCUT2D eigenvalue weighted by atomic mass is 10.2. The number of thiazole rings is 1. The molecule has 0 aromatic carbocycles. The number of rotatable bonds is 3. The quantitative estimate of drug-likeness (QED) is 0.860. The number of aromatic nitrogens is 3. The highest BCUT2D eigenvalue weighted by Crippen LogP contribution is 2.16. The molecule has 0 unspecified atom stereocenters. The predicted molar refractivity (Wildman–Crippen MR) is 60.0 cm³/mol. The molecule has 0 spiro atoms. The highest BCUT2D eigenvalue weighted by Gasteiger charge is 2.05. The van der Waals surface area contributed by atoms with Gasteiger partial charge in [-0.15, -0.1) is 11.3 Å². The van der Waals surface area contributed by atoms with Crippen molar-refractivity contribution in [3.05, 3.63) is 33.7 Å². The van der Waals surface area contributed by atoms with E-state index in [1.807, 2.05) is 5.38 Å². The first-order valence-electron chi connectivity index (χ1n) is 4.79. The Morgan fingerprint density at radius 1 is 1.53 bits per heavy atom. The van der Waals surface area contributed by atoms with Crippen molar-refractivity contribution in [1.82, 2.24) is 15.0 Å². The topological polar surface area (TPSA) is 58.6 Å². The van der Waals surface area contributed by atoms with Gasteiger partial charge in [-0.2, -0.15) is 0 Å². The van der Waals surface area contributed by atoms with Gasteiger partial charge in [-0.1, -0.05) is 13.3 Å². The Labute approximate surface area is 91.0 Å². The monoisotopic (exact) mass is 221 g/mol. The molecule has 0 saturated carbocycles. The van der Waals surface area contributed by atoms with E-state index in [0.717, 1.165) is 23.5 Å². The molecule has 0 bridgehead atoms. The molecule has 0 aliphatic rings. The van der Waals surface area contributed by atoms with Crippen molar-refractivity contribution in [2.45, 2.75) is 19.8 Å². The summed E-state index contributed by atoms with van der Waals surface area (Å²) < 4.78 is 0. The van der Waals surface area contributed by atoms with E-state index in [4.69, 9.17) is 0 Å². The van der Waals surface area contributed by atoms with Gasteiger partial charge in [0.2, 0.25) is 0 Å². The van der Waals surface area contributed by atoms with Crippen LogP contribution >= 0.6 is 11.3 Å². The number of hydrogen-bond acceptors (Lipinski definition) is 4. The van der Waals surface area contributed by atoms with Crippen LogP contribution in [0.25, 0.3) is 10.8 Å². The Balaban J connectivity index is 2.44. The molecule has 2 aromatic heterocycles. The van der Waals surface area contributed by atoms with E-state index in [-0.39, 0.29) is 5.56 Å². The van der Waals surface area contributed by atoms with Gasteiger partial charge in [0, 0.05) is 23.3 Å². The van der Waals surface area contributed by atoms with Crippen molar-refractivity contribution in [2.24, 2.45) is 0 Å². The minimum Gasteiger partial charge on any atom is -0.304 e. The van der Waals surface area contributed by atoms with Crippen LogP contribution in [0.15, 0.2) is 22.4 Å². The van der Waals surface area contributed by atoms with Crippen LogP contribution in [0.3, 0.4) is 0 Å². The van der Waals surface area contributed by atoms with E-state index in [2.05, 4.69) is 21.9 Å². The summed E-state index contributed by atoms with van der Waals surface area (Å²) in [5, 5.41) is 2.62. The summed E-state index contributed by atoms with van der Waals surface area (Å²) in [5.74, 6) is 0.570. The second-order valence-electron chi connectivity index (χ2n) is 3.17. The Kier molecular flexibility index (Phi) is 2.91. The van der Waals surface area contributed by atoms with Gasteiger partial charge in [-0.3, -0.25) is 4.79 Å². The molecule has 0 aliphatic heterocycles. The molecule has 1 N–H and O–H groups in total. The summed E-state index contributed by atoms with van der Waals surface area (Å²) in [5.41, 5.74) is 0.713. The minimum atomic E-state index is -0.112. The molecule has 5 heteroatoms. The van der Waals surface area contributed by atoms with E-state index in [1.165, 1.54) is 11.3 Å². The van der Waals surface area contributed by atoms with Crippen LogP contribution in [0.5, 0.6) is 0 Å². The van der Waals surface area contributed by atoms with Crippen LogP contribution in [0, 0.1) is 0 Å². The highest BCUT2D eigenvalue weighted by atomic mass is 32.1. The van der Waals surface area contributed by atoms with Gasteiger partial charge in [0.15, 0.2) is 10.8 Å². The van der Waals surface area contributed by atoms with Crippen LogP contribution in [-0.4, -0.2) is 15.0 Å². The molecular formula is C10H11N3OS. The maximum Gasteiger partial charge on any atom is 0.251 e. The molecule has 0 atom stereocenters. The first-order chi connectivity index (χ1) is 7.29. The SMILES string of the molecule is CCCc1cc(=O)[nH]c(-c2nccs2)n1.